The highest BCUT2D eigenvalue weighted by atomic mass is 32.2. The molecule has 134 valence electrons. The van der Waals surface area contributed by atoms with Crippen LogP contribution in [0.1, 0.15) is 11.1 Å². The van der Waals surface area contributed by atoms with Gasteiger partial charge < -0.3 is 15.0 Å². The molecule has 0 atom stereocenters. The number of carbonyl (C=O) groups excluding carboxylic acids is 1. The van der Waals surface area contributed by atoms with E-state index in [9.17, 15) is 4.79 Å². The molecule has 1 aliphatic rings. The summed E-state index contributed by atoms with van der Waals surface area (Å²) in [5.74, 6) is 2.75. The van der Waals surface area contributed by atoms with Crippen LogP contribution in [0.25, 0.3) is 0 Å². The van der Waals surface area contributed by atoms with Gasteiger partial charge in [0.25, 0.3) is 0 Å². The number of nitriles is 1. The minimum Gasteiger partial charge on any atom is -0.489 e. The Labute approximate surface area is 158 Å². The van der Waals surface area contributed by atoms with Gasteiger partial charge in [0, 0.05) is 30.3 Å². The molecule has 6 heteroatoms. The second-order valence-corrected chi connectivity index (χ2v) is 7.22. The predicted molar refractivity (Wildman–Crippen MR) is 104 cm³/mol. The number of anilines is 1. The van der Waals surface area contributed by atoms with Gasteiger partial charge in [-0.05, 0) is 35.4 Å². The molecule has 3 rings (SSSR count). The molecule has 1 saturated heterocycles. The van der Waals surface area contributed by atoms with E-state index >= 15 is 0 Å². The van der Waals surface area contributed by atoms with Gasteiger partial charge in [0.1, 0.15) is 12.4 Å². The maximum Gasteiger partial charge on any atom is 0.321 e. The van der Waals surface area contributed by atoms with Crippen LogP contribution in [0.3, 0.4) is 0 Å². The molecule has 2 amide bonds. The van der Waals surface area contributed by atoms with Crippen molar-refractivity contribution in [2.75, 3.05) is 29.9 Å². The Morgan fingerprint density at radius 1 is 1.15 bits per heavy atom. The van der Waals surface area contributed by atoms with Gasteiger partial charge in [-0.2, -0.15) is 17.0 Å². The molecule has 2 aromatic carbocycles. The number of thioether (sulfide) groups is 1. The molecular formula is C20H21N3O2S. The molecule has 26 heavy (non-hydrogen) atoms. The van der Waals surface area contributed by atoms with E-state index in [1.54, 1.807) is 0 Å². The van der Waals surface area contributed by atoms with Crippen LogP contribution in [0, 0.1) is 11.3 Å². The number of ether oxygens (including phenoxy) is 1. The van der Waals surface area contributed by atoms with Gasteiger partial charge in [-0.1, -0.05) is 24.3 Å². The normalized spacial score (nSPS) is 13.7. The summed E-state index contributed by atoms with van der Waals surface area (Å²) < 4.78 is 5.79. The first kappa shape index (κ1) is 18.2. The fourth-order valence-electron chi connectivity index (χ4n) is 2.67. The number of carbonyl (C=O) groups is 1. The smallest absolute Gasteiger partial charge is 0.321 e. The van der Waals surface area contributed by atoms with Crippen LogP contribution in [0.4, 0.5) is 10.5 Å². The number of rotatable bonds is 5. The molecule has 5 nitrogen and oxygen atoms in total. The third-order valence-corrected chi connectivity index (χ3v) is 5.03. The summed E-state index contributed by atoms with van der Waals surface area (Å²) in [4.78, 5) is 14.1. The Bertz CT molecular complexity index is 780. The monoisotopic (exact) mass is 367 g/mol. The summed E-state index contributed by atoms with van der Waals surface area (Å²) in [6, 6.07) is 17.3. The Balaban J connectivity index is 1.55. The van der Waals surface area contributed by atoms with Crippen LogP contribution >= 0.6 is 11.8 Å². The maximum absolute atomic E-state index is 12.3. The molecule has 1 aliphatic heterocycles. The molecule has 0 aromatic heterocycles. The third kappa shape index (κ3) is 5.17. The standard InChI is InChI=1S/C20H21N3O2S/c21-9-8-16-4-6-19(7-5-16)25-15-17-2-1-3-18(14-17)22-20(24)23-10-12-26-13-11-23/h1-7,14H,8,10-13,15H2,(H,22,24). The van der Waals surface area contributed by atoms with Crippen LogP contribution in [0.5, 0.6) is 5.75 Å². The fourth-order valence-corrected chi connectivity index (χ4v) is 3.57. The van der Waals surface area contributed by atoms with Crippen LogP contribution < -0.4 is 10.1 Å². The Kier molecular flexibility index (Phi) is 6.39. The molecule has 0 saturated carbocycles. The highest BCUT2D eigenvalue weighted by molar-refractivity contribution is 7.99. The molecule has 1 fully saturated rings. The van der Waals surface area contributed by atoms with Gasteiger partial charge in [-0.3, -0.25) is 0 Å². The fraction of sp³-hybridized carbons (Fsp3) is 0.300. The van der Waals surface area contributed by atoms with Crippen molar-refractivity contribution in [1.29, 1.82) is 5.26 Å². The Morgan fingerprint density at radius 2 is 1.92 bits per heavy atom. The Hall–Kier alpha value is -2.65. The number of urea groups is 1. The highest BCUT2D eigenvalue weighted by Gasteiger charge is 2.16. The predicted octanol–water partition coefficient (Wildman–Crippen LogP) is 3.91. The average molecular weight is 367 g/mol. The number of hydrogen-bond acceptors (Lipinski definition) is 4. The lowest BCUT2D eigenvalue weighted by atomic mass is 10.1. The topological polar surface area (TPSA) is 65.4 Å². The highest BCUT2D eigenvalue weighted by Crippen LogP contribution is 2.17. The third-order valence-electron chi connectivity index (χ3n) is 4.09. The maximum atomic E-state index is 12.3. The summed E-state index contributed by atoms with van der Waals surface area (Å²) in [5, 5.41) is 11.7. The van der Waals surface area contributed by atoms with Crippen molar-refractivity contribution in [1.82, 2.24) is 4.90 Å². The molecule has 0 aliphatic carbocycles. The van der Waals surface area contributed by atoms with Gasteiger partial charge in [0.2, 0.25) is 0 Å². The summed E-state index contributed by atoms with van der Waals surface area (Å²) in [6.45, 7) is 2.00. The van der Waals surface area contributed by atoms with Gasteiger partial charge in [-0.25, -0.2) is 4.79 Å². The van der Waals surface area contributed by atoms with E-state index in [1.807, 2.05) is 65.2 Å². The quantitative estimate of drug-likeness (QED) is 0.870. The first-order valence-corrected chi connectivity index (χ1v) is 9.71. The van der Waals surface area contributed by atoms with E-state index in [-0.39, 0.29) is 6.03 Å². The van der Waals surface area contributed by atoms with Crippen LogP contribution in [0.15, 0.2) is 48.5 Å². The van der Waals surface area contributed by atoms with Crippen LogP contribution in [-0.4, -0.2) is 35.5 Å². The zero-order chi connectivity index (χ0) is 18.2. The van der Waals surface area contributed by atoms with Crippen LogP contribution in [-0.2, 0) is 13.0 Å². The van der Waals surface area contributed by atoms with Gasteiger partial charge >= 0.3 is 6.03 Å². The zero-order valence-corrected chi connectivity index (χ0v) is 15.3. The minimum atomic E-state index is -0.0450. The minimum absolute atomic E-state index is 0.0450. The lowest BCUT2D eigenvalue weighted by Gasteiger charge is -2.26. The van der Waals surface area contributed by atoms with Gasteiger partial charge in [0.15, 0.2) is 0 Å². The molecule has 0 bridgehead atoms. The first-order valence-electron chi connectivity index (χ1n) is 8.56. The molecule has 2 aromatic rings. The average Bonchev–Trinajstić information content (AvgIpc) is 2.69. The van der Waals surface area contributed by atoms with E-state index in [1.165, 1.54) is 0 Å². The van der Waals surface area contributed by atoms with E-state index in [0.717, 1.165) is 47.2 Å². The van der Waals surface area contributed by atoms with Crippen LogP contribution in [0.2, 0.25) is 0 Å². The van der Waals surface area contributed by atoms with Gasteiger partial charge in [-0.15, -0.1) is 0 Å². The van der Waals surface area contributed by atoms with Crippen molar-refractivity contribution in [3.8, 4) is 11.8 Å². The Morgan fingerprint density at radius 3 is 2.65 bits per heavy atom. The number of nitrogens with one attached hydrogen (secondary N) is 1. The van der Waals surface area contributed by atoms with E-state index in [0.29, 0.717) is 13.0 Å². The van der Waals surface area contributed by atoms with E-state index < -0.39 is 0 Å². The zero-order valence-electron chi connectivity index (χ0n) is 14.5. The van der Waals surface area contributed by atoms with E-state index in [2.05, 4.69) is 11.4 Å². The van der Waals surface area contributed by atoms with Crippen molar-refractivity contribution in [2.24, 2.45) is 0 Å². The first-order chi connectivity index (χ1) is 12.7. The molecule has 0 radical (unpaired) electrons. The SMILES string of the molecule is N#CCc1ccc(OCc2cccc(NC(=O)N3CCSCC3)c2)cc1. The largest absolute Gasteiger partial charge is 0.489 e. The lowest BCUT2D eigenvalue weighted by Crippen LogP contribution is -2.40. The molecule has 1 N–H and O–H groups in total. The number of nitrogens with zero attached hydrogens (tertiary/aromatic N) is 2. The van der Waals surface area contributed by atoms with Crippen molar-refractivity contribution < 1.29 is 9.53 Å². The summed E-state index contributed by atoms with van der Waals surface area (Å²) >= 11 is 1.88. The molecule has 0 unspecified atom stereocenters. The summed E-state index contributed by atoms with van der Waals surface area (Å²) in [5.41, 5.74) is 2.73. The second kappa shape index (κ2) is 9.16. The summed E-state index contributed by atoms with van der Waals surface area (Å²) in [6.07, 6.45) is 0.401. The van der Waals surface area contributed by atoms with Crippen molar-refractivity contribution in [3.05, 3.63) is 59.7 Å². The number of amides is 2. The molecule has 1 heterocycles. The molecule has 0 spiro atoms. The van der Waals surface area contributed by atoms with Crippen molar-refractivity contribution >= 4 is 23.5 Å². The number of benzene rings is 2. The molecular weight excluding hydrogens is 346 g/mol. The van der Waals surface area contributed by atoms with Crippen molar-refractivity contribution in [3.63, 3.8) is 0 Å². The lowest BCUT2D eigenvalue weighted by molar-refractivity contribution is 0.217. The van der Waals surface area contributed by atoms with E-state index in [4.69, 9.17) is 10.00 Å². The van der Waals surface area contributed by atoms with Gasteiger partial charge in [0.05, 0.1) is 12.5 Å². The van der Waals surface area contributed by atoms with Crippen molar-refractivity contribution in [2.45, 2.75) is 13.0 Å². The summed E-state index contributed by atoms with van der Waals surface area (Å²) in [7, 11) is 0. The number of hydrogen-bond donors (Lipinski definition) is 1. The second-order valence-electron chi connectivity index (χ2n) is 6.00.